The summed E-state index contributed by atoms with van der Waals surface area (Å²) < 4.78 is 5.50. The molecule has 1 fully saturated rings. The normalized spacial score (nSPS) is 19.4. The lowest BCUT2D eigenvalue weighted by Crippen LogP contribution is -2.45. The van der Waals surface area contributed by atoms with E-state index in [-0.39, 0.29) is 6.09 Å². The number of aromatic nitrogens is 2. The highest BCUT2D eigenvalue weighted by molar-refractivity contribution is 5.68. The summed E-state index contributed by atoms with van der Waals surface area (Å²) >= 11 is 0. The van der Waals surface area contributed by atoms with Crippen molar-refractivity contribution in [1.29, 1.82) is 0 Å². The Labute approximate surface area is 150 Å². The van der Waals surface area contributed by atoms with Crippen LogP contribution >= 0.6 is 0 Å². The van der Waals surface area contributed by atoms with Gasteiger partial charge in [0.05, 0.1) is 5.69 Å². The van der Waals surface area contributed by atoms with E-state index >= 15 is 0 Å². The second-order valence-corrected chi connectivity index (χ2v) is 7.90. The van der Waals surface area contributed by atoms with Crippen molar-refractivity contribution in [3.63, 3.8) is 0 Å². The first-order valence-corrected chi connectivity index (χ1v) is 9.08. The molecule has 1 aromatic heterocycles. The van der Waals surface area contributed by atoms with Gasteiger partial charge in [-0.3, -0.25) is 0 Å². The van der Waals surface area contributed by atoms with Crippen molar-refractivity contribution in [3.8, 4) is 0 Å². The number of anilines is 1. The lowest BCUT2D eigenvalue weighted by molar-refractivity contribution is 0.0258. The molecule has 0 radical (unpaired) electrons. The fourth-order valence-corrected chi connectivity index (χ4v) is 3.13. The van der Waals surface area contributed by atoms with E-state index in [2.05, 4.69) is 21.8 Å². The molecular weight excluding hydrogens is 318 g/mol. The van der Waals surface area contributed by atoms with E-state index in [0.29, 0.717) is 13.1 Å². The molecule has 0 unspecified atom stereocenters. The molecule has 1 amide bonds. The van der Waals surface area contributed by atoms with Crippen molar-refractivity contribution in [1.82, 2.24) is 19.8 Å². The summed E-state index contributed by atoms with van der Waals surface area (Å²) in [7, 11) is 2.14. The van der Waals surface area contributed by atoms with Crippen molar-refractivity contribution in [2.75, 3.05) is 51.2 Å². The lowest BCUT2D eigenvalue weighted by atomic mass is 10.1. The van der Waals surface area contributed by atoms with Crippen molar-refractivity contribution in [3.05, 3.63) is 17.5 Å². The molecule has 0 spiro atoms. The van der Waals surface area contributed by atoms with Crippen molar-refractivity contribution in [2.24, 2.45) is 0 Å². The Bertz CT molecular complexity index is 620. The third-order valence-electron chi connectivity index (χ3n) is 4.65. The minimum atomic E-state index is -0.468. The van der Waals surface area contributed by atoms with Gasteiger partial charge >= 0.3 is 6.09 Å². The average Bonchev–Trinajstić information content (AvgIpc) is 2.76. The maximum absolute atomic E-state index is 12.3. The van der Waals surface area contributed by atoms with Crippen LogP contribution in [-0.4, -0.2) is 77.8 Å². The first-order chi connectivity index (χ1) is 11.8. The minimum Gasteiger partial charge on any atom is -0.444 e. The summed E-state index contributed by atoms with van der Waals surface area (Å²) in [6, 6.07) is 0. The van der Waals surface area contributed by atoms with E-state index in [9.17, 15) is 4.79 Å². The molecule has 3 rings (SSSR count). The van der Waals surface area contributed by atoms with Crippen LogP contribution in [0.5, 0.6) is 0 Å². The summed E-state index contributed by atoms with van der Waals surface area (Å²) in [6.07, 6.45) is 3.22. The Hall–Kier alpha value is -1.89. The van der Waals surface area contributed by atoms with Gasteiger partial charge in [0.2, 0.25) is 5.95 Å². The van der Waals surface area contributed by atoms with Gasteiger partial charge in [-0.2, -0.15) is 0 Å². The molecule has 0 N–H and O–H groups in total. The van der Waals surface area contributed by atoms with Crippen LogP contribution in [0.25, 0.3) is 0 Å². The quantitative estimate of drug-likeness (QED) is 0.768. The lowest BCUT2D eigenvalue weighted by Gasteiger charge is -2.32. The van der Waals surface area contributed by atoms with Crippen molar-refractivity contribution >= 4 is 12.0 Å². The van der Waals surface area contributed by atoms with E-state index in [1.807, 2.05) is 27.0 Å². The van der Waals surface area contributed by atoms with E-state index in [1.165, 1.54) is 0 Å². The van der Waals surface area contributed by atoms with Gasteiger partial charge in [0.15, 0.2) is 0 Å². The first kappa shape index (κ1) is 17.9. The summed E-state index contributed by atoms with van der Waals surface area (Å²) in [5, 5.41) is 0. The average molecular weight is 347 g/mol. The summed E-state index contributed by atoms with van der Waals surface area (Å²) in [4.78, 5) is 28.0. The Morgan fingerprint density at radius 3 is 2.44 bits per heavy atom. The van der Waals surface area contributed by atoms with Gasteiger partial charge in [0.1, 0.15) is 5.60 Å². The zero-order valence-corrected chi connectivity index (χ0v) is 15.8. The number of amides is 1. The molecule has 0 atom stereocenters. The molecular formula is C18H29N5O2. The highest BCUT2D eigenvalue weighted by atomic mass is 16.6. The van der Waals surface area contributed by atoms with Crippen LogP contribution in [0.15, 0.2) is 6.20 Å². The van der Waals surface area contributed by atoms with E-state index < -0.39 is 5.60 Å². The molecule has 2 aliphatic rings. The van der Waals surface area contributed by atoms with Crippen LogP contribution in [0.4, 0.5) is 10.7 Å². The van der Waals surface area contributed by atoms with Gasteiger partial charge in [0.25, 0.3) is 0 Å². The maximum Gasteiger partial charge on any atom is 0.410 e. The third-order valence-corrected chi connectivity index (χ3v) is 4.65. The SMILES string of the molecule is CN1CCN(c2ncc3c(n2)CCN(C(=O)OC(C)(C)C)CC3)CC1. The van der Waals surface area contributed by atoms with Crippen LogP contribution in [-0.2, 0) is 17.6 Å². The molecule has 2 aliphatic heterocycles. The summed E-state index contributed by atoms with van der Waals surface area (Å²) in [5.41, 5.74) is 1.74. The maximum atomic E-state index is 12.3. The molecule has 1 saturated heterocycles. The fourth-order valence-electron chi connectivity index (χ4n) is 3.13. The van der Waals surface area contributed by atoms with Gasteiger partial charge in [-0.1, -0.05) is 0 Å². The van der Waals surface area contributed by atoms with E-state index in [0.717, 1.165) is 56.2 Å². The largest absolute Gasteiger partial charge is 0.444 e. The predicted molar refractivity (Wildman–Crippen MR) is 97.0 cm³/mol. The molecule has 0 aromatic carbocycles. The number of hydrogen-bond acceptors (Lipinski definition) is 6. The highest BCUT2D eigenvalue weighted by Crippen LogP contribution is 2.19. The van der Waals surface area contributed by atoms with Crippen LogP contribution in [0.3, 0.4) is 0 Å². The molecule has 25 heavy (non-hydrogen) atoms. The number of piperazine rings is 1. The molecule has 0 aliphatic carbocycles. The first-order valence-electron chi connectivity index (χ1n) is 9.08. The van der Waals surface area contributed by atoms with Crippen LogP contribution in [0.2, 0.25) is 0 Å². The number of ether oxygens (including phenoxy) is 1. The molecule has 7 nitrogen and oxygen atoms in total. The van der Waals surface area contributed by atoms with Crippen LogP contribution < -0.4 is 4.90 Å². The predicted octanol–water partition coefficient (Wildman–Crippen LogP) is 1.56. The zero-order chi connectivity index (χ0) is 18.0. The highest BCUT2D eigenvalue weighted by Gasteiger charge is 2.25. The standard InChI is InChI=1S/C18H29N5O2/c1-18(2,3)25-17(24)23-7-5-14-13-19-16(20-15(14)6-8-23)22-11-9-21(4)10-12-22/h13H,5-12H2,1-4H3. The van der Waals surface area contributed by atoms with E-state index in [1.54, 1.807) is 4.90 Å². The van der Waals surface area contributed by atoms with E-state index in [4.69, 9.17) is 9.72 Å². The van der Waals surface area contributed by atoms with Gasteiger partial charge in [-0.05, 0) is 39.8 Å². The molecule has 0 saturated carbocycles. The fraction of sp³-hybridized carbons (Fsp3) is 0.722. The Kier molecular flexibility index (Phi) is 5.13. The molecule has 7 heteroatoms. The summed E-state index contributed by atoms with van der Waals surface area (Å²) in [6.45, 7) is 11.0. The molecule has 3 heterocycles. The number of hydrogen-bond donors (Lipinski definition) is 0. The molecule has 1 aromatic rings. The minimum absolute atomic E-state index is 0.243. The van der Waals surface area contributed by atoms with Crippen LogP contribution in [0.1, 0.15) is 32.0 Å². The topological polar surface area (TPSA) is 61.8 Å². The zero-order valence-electron chi connectivity index (χ0n) is 15.8. The van der Waals surface area contributed by atoms with Gasteiger partial charge in [0, 0.05) is 51.9 Å². The second-order valence-electron chi connectivity index (χ2n) is 7.90. The Balaban J connectivity index is 1.67. The third kappa shape index (κ3) is 4.60. The van der Waals surface area contributed by atoms with Gasteiger partial charge in [-0.25, -0.2) is 14.8 Å². The number of likely N-dealkylation sites (N-methyl/N-ethyl adjacent to an activating group) is 1. The monoisotopic (exact) mass is 347 g/mol. The molecule has 138 valence electrons. The number of carbonyl (C=O) groups excluding carboxylic acids is 1. The summed E-state index contributed by atoms with van der Waals surface area (Å²) in [5.74, 6) is 0.817. The smallest absolute Gasteiger partial charge is 0.410 e. The number of carbonyl (C=O) groups is 1. The van der Waals surface area contributed by atoms with Gasteiger partial charge < -0.3 is 19.4 Å². The van der Waals surface area contributed by atoms with Crippen molar-refractivity contribution in [2.45, 2.75) is 39.2 Å². The number of fused-ring (bicyclic) bond motifs is 1. The Morgan fingerprint density at radius 1 is 1.08 bits per heavy atom. The molecule has 0 bridgehead atoms. The Morgan fingerprint density at radius 2 is 1.76 bits per heavy atom. The number of nitrogens with zero attached hydrogens (tertiary/aromatic N) is 5. The van der Waals surface area contributed by atoms with Crippen molar-refractivity contribution < 1.29 is 9.53 Å². The second kappa shape index (κ2) is 7.15. The number of rotatable bonds is 1. The van der Waals surface area contributed by atoms with Crippen LogP contribution in [0, 0.1) is 0 Å². The van der Waals surface area contributed by atoms with Gasteiger partial charge in [-0.15, -0.1) is 0 Å².